The van der Waals surface area contributed by atoms with E-state index in [9.17, 15) is 14.9 Å². The molecule has 7 nitrogen and oxygen atoms in total. The van der Waals surface area contributed by atoms with Crippen LogP contribution in [0.5, 0.6) is 0 Å². The molecule has 0 unspecified atom stereocenters. The molecule has 0 radical (unpaired) electrons. The van der Waals surface area contributed by atoms with E-state index in [1.807, 2.05) is 30.3 Å². The van der Waals surface area contributed by atoms with Crippen molar-refractivity contribution in [1.29, 1.82) is 5.26 Å². The van der Waals surface area contributed by atoms with Gasteiger partial charge in [0.05, 0.1) is 0 Å². The molecule has 4 rings (SSSR count). The van der Waals surface area contributed by atoms with Crippen LogP contribution in [0.15, 0.2) is 53.2 Å². The van der Waals surface area contributed by atoms with Gasteiger partial charge < -0.3 is 14.1 Å². The van der Waals surface area contributed by atoms with E-state index in [1.54, 1.807) is 40.9 Å². The van der Waals surface area contributed by atoms with Crippen molar-refractivity contribution in [2.45, 2.75) is 19.8 Å². The summed E-state index contributed by atoms with van der Waals surface area (Å²) in [4.78, 5) is 27.0. The highest BCUT2D eigenvalue weighted by Gasteiger charge is 2.28. The number of nitriles is 1. The molecule has 7 heteroatoms. The molecule has 1 aliphatic heterocycles. The van der Waals surface area contributed by atoms with Crippen LogP contribution in [-0.2, 0) is 16.0 Å². The number of furan rings is 1. The van der Waals surface area contributed by atoms with Crippen LogP contribution in [0.1, 0.15) is 33.7 Å². The van der Waals surface area contributed by atoms with Gasteiger partial charge in [0.1, 0.15) is 23.0 Å². The molecular weight excluding hydrogens is 370 g/mol. The molecule has 0 N–H and O–H groups in total. The van der Waals surface area contributed by atoms with E-state index in [1.165, 1.54) is 0 Å². The van der Waals surface area contributed by atoms with Gasteiger partial charge in [-0.25, -0.2) is 4.79 Å². The number of rotatable bonds is 4. The zero-order valence-corrected chi connectivity index (χ0v) is 15.9. The molecular formula is C22H19N3O4. The maximum atomic E-state index is 12.7. The third-order valence-electron chi connectivity index (χ3n) is 4.96. The van der Waals surface area contributed by atoms with E-state index in [0.29, 0.717) is 6.54 Å². The zero-order valence-electron chi connectivity index (χ0n) is 15.9. The number of ether oxygens (including phenoxy) is 1. The lowest BCUT2D eigenvalue weighted by atomic mass is 10.0. The standard InChI is InChI=1S/C22H19N3O4/c1-15-20(17(13-23)21(29-15)24-10-4-5-11-24)22(27)28-14-19(26)25-12-6-8-16-7-2-3-9-18(16)25/h2-5,7,9-11H,6,8,12,14H2,1H3. The van der Waals surface area contributed by atoms with E-state index >= 15 is 0 Å². The molecule has 3 heterocycles. The first-order valence-corrected chi connectivity index (χ1v) is 9.32. The second-order valence-electron chi connectivity index (χ2n) is 6.77. The number of hydrogen-bond donors (Lipinski definition) is 0. The molecule has 146 valence electrons. The molecule has 1 aromatic carbocycles. The van der Waals surface area contributed by atoms with Crippen LogP contribution in [0.4, 0.5) is 5.69 Å². The van der Waals surface area contributed by atoms with Gasteiger partial charge in [-0.3, -0.25) is 9.36 Å². The Morgan fingerprint density at radius 3 is 2.72 bits per heavy atom. The zero-order chi connectivity index (χ0) is 20.4. The van der Waals surface area contributed by atoms with Crippen molar-refractivity contribution in [3.05, 3.63) is 71.2 Å². The molecule has 0 spiro atoms. The van der Waals surface area contributed by atoms with Crippen LogP contribution in [0.25, 0.3) is 5.88 Å². The lowest BCUT2D eigenvalue weighted by Gasteiger charge is -2.29. The molecule has 3 aromatic rings. The van der Waals surface area contributed by atoms with Gasteiger partial charge in [0, 0.05) is 24.6 Å². The van der Waals surface area contributed by atoms with E-state index in [4.69, 9.17) is 9.15 Å². The lowest BCUT2D eigenvalue weighted by Crippen LogP contribution is -2.38. The first kappa shape index (κ1) is 18.6. The maximum Gasteiger partial charge on any atom is 0.343 e. The topological polar surface area (TPSA) is 88.5 Å². The van der Waals surface area contributed by atoms with Crippen LogP contribution in [0.2, 0.25) is 0 Å². The van der Waals surface area contributed by atoms with Crippen molar-refractivity contribution in [1.82, 2.24) is 4.57 Å². The Kier molecular flexibility index (Phi) is 4.92. The van der Waals surface area contributed by atoms with Crippen molar-refractivity contribution >= 4 is 17.6 Å². The molecule has 0 fully saturated rings. The molecule has 2 aromatic heterocycles. The second-order valence-corrected chi connectivity index (χ2v) is 6.77. The predicted molar refractivity (Wildman–Crippen MR) is 105 cm³/mol. The number of carbonyl (C=O) groups is 2. The van der Waals surface area contributed by atoms with Crippen LogP contribution in [0, 0.1) is 18.3 Å². The van der Waals surface area contributed by atoms with Crippen LogP contribution in [-0.4, -0.2) is 29.6 Å². The number of nitrogens with zero attached hydrogens (tertiary/aromatic N) is 3. The molecule has 29 heavy (non-hydrogen) atoms. The highest BCUT2D eigenvalue weighted by Crippen LogP contribution is 2.28. The molecule has 1 amide bonds. The van der Waals surface area contributed by atoms with Gasteiger partial charge in [-0.05, 0) is 43.5 Å². The highest BCUT2D eigenvalue weighted by molar-refractivity contribution is 5.99. The van der Waals surface area contributed by atoms with Crippen LogP contribution in [0.3, 0.4) is 0 Å². The largest absolute Gasteiger partial charge is 0.452 e. The van der Waals surface area contributed by atoms with E-state index < -0.39 is 12.6 Å². The van der Waals surface area contributed by atoms with Crippen molar-refractivity contribution in [3.63, 3.8) is 0 Å². The molecule has 0 saturated heterocycles. The minimum Gasteiger partial charge on any atom is -0.452 e. The van der Waals surface area contributed by atoms with Gasteiger partial charge in [0.2, 0.25) is 5.88 Å². The number of aromatic nitrogens is 1. The fraction of sp³-hybridized carbons (Fsp3) is 0.227. The average molecular weight is 389 g/mol. The second kappa shape index (κ2) is 7.68. The summed E-state index contributed by atoms with van der Waals surface area (Å²) in [6.45, 7) is 1.77. The fourth-order valence-corrected chi connectivity index (χ4v) is 3.60. The number of esters is 1. The number of benzene rings is 1. The van der Waals surface area contributed by atoms with Crippen LogP contribution >= 0.6 is 0 Å². The Balaban J connectivity index is 1.51. The number of hydrogen-bond acceptors (Lipinski definition) is 5. The van der Waals surface area contributed by atoms with Crippen molar-refractivity contribution in [2.24, 2.45) is 0 Å². The van der Waals surface area contributed by atoms with Gasteiger partial charge in [0.25, 0.3) is 5.91 Å². The number of anilines is 1. The van der Waals surface area contributed by atoms with Crippen molar-refractivity contribution in [2.75, 3.05) is 18.1 Å². The summed E-state index contributed by atoms with van der Waals surface area (Å²) in [6.07, 6.45) is 5.20. The van der Waals surface area contributed by atoms with Crippen molar-refractivity contribution in [3.8, 4) is 12.0 Å². The third kappa shape index (κ3) is 3.41. The van der Waals surface area contributed by atoms with E-state index in [2.05, 4.69) is 0 Å². The van der Waals surface area contributed by atoms with Gasteiger partial charge in [0.15, 0.2) is 6.61 Å². The molecule has 1 aliphatic rings. The van der Waals surface area contributed by atoms with E-state index in [0.717, 1.165) is 24.1 Å². The summed E-state index contributed by atoms with van der Waals surface area (Å²) >= 11 is 0. The fourth-order valence-electron chi connectivity index (χ4n) is 3.60. The van der Waals surface area contributed by atoms with E-state index in [-0.39, 0.29) is 28.7 Å². The Labute approximate surface area is 167 Å². The van der Waals surface area contributed by atoms with Crippen LogP contribution < -0.4 is 4.90 Å². The van der Waals surface area contributed by atoms with Gasteiger partial charge in [-0.15, -0.1) is 0 Å². The minimum absolute atomic E-state index is 0.0445. The molecule has 0 bridgehead atoms. The summed E-state index contributed by atoms with van der Waals surface area (Å²) in [5.74, 6) is -0.528. The van der Waals surface area contributed by atoms with Gasteiger partial charge in [-0.2, -0.15) is 5.26 Å². The molecule has 0 saturated carbocycles. The quantitative estimate of drug-likeness (QED) is 0.638. The molecule has 0 atom stereocenters. The van der Waals surface area contributed by atoms with Gasteiger partial charge >= 0.3 is 5.97 Å². The first-order chi connectivity index (χ1) is 14.1. The summed E-state index contributed by atoms with van der Waals surface area (Å²) in [5.41, 5.74) is 2.08. The number of aryl methyl sites for hydroxylation is 2. The first-order valence-electron chi connectivity index (χ1n) is 9.32. The maximum absolute atomic E-state index is 12.7. The predicted octanol–water partition coefficient (Wildman–Crippen LogP) is 3.39. The Morgan fingerprint density at radius 2 is 1.97 bits per heavy atom. The number of fused-ring (bicyclic) bond motifs is 1. The number of para-hydroxylation sites is 1. The molecule has 0 aliphatic carbocycles. The summed E-state index contributed by atoms with van der Waals surface area (Å²) in [7, 11) is 0. The number of carbonyl (C=O) groups excluding carboxylic acids is 2. The SMILES string of the molecule is Cc1oc(-n2cccc2)c(C#N)c1C(=O)OCC(=O)N1CCCc2ccccc21. The smallest absolute Gasteiger partial charge is 0.343 e. The summed E-state index contributed by atoms with van der Waals surface area (Å²) in [5, 5.41) is 9.54. The third-order valence-corrected chi connectivity index (χ3v) is 4.96. The van der Waals surface area contributed by atoms with Gasteiger partial charge in [-0.1, -0.05) is 18.2 Å². The Hall–Kier alpha value is -3.79. The normalized spacial score (nSPS) is 12.9. The lowest BCUT2D eigenvalue weighted by molar-refractivity contribution is -0.121. The Bertz CT molecular complexity index is 1110. The summed E-state index contributed by atoms with van der Waals surface area (Å²) in [6, 6.07) is 13.3. The highest BCUT2D eigenvalue weighted by atomic mass is 16.5. The summed E-state index contributed by atoms with van der Waals surface area (Å²) < 4.78 is 12.5. The average Bonchev–Trinajstić information content (AvgIpc) is 3.38. The minimum atomic E-state index is -0.750. The number of amides is 1. The Morgan fingerprint density at radius 1 is 1.21 bits per heavy atom. The van der Waals surface area contributed by atoms with Crippen molar-refractivity contribution < 1.29 is 18.7 Å². The monoisotopic (exact) mass is 389 g/mol.